The van der Waals surface area contributed by atoms with Crippen LogP contribution in [0.5, 0.6) is 0 Å². The SMILES string of the molecule is CCC(NCCOCCN(C)C)C(N)=NO. The molecule has 0 aromatic carbocycles. The zero-order chi connectivity index (χ0) is 12.4. The number of nitrogens with one attached hydrogen (secondary N) is 1. The third-order valence-corrected chi connectivity index (χ3v) is 2.20. The van der Waals surface area contributed by atoms with E-state index in [4.69, 9.17) is 15.7 Å². The number of rotatable bonds is 9. The molecule has 0 spiro atoms. The first kappa shape index (κ1) is 15.2. The maximum atomic E-state index is 8.52. The van der Waals surface area contributed by atoms with Crippen LogP contribution < -0.4 is 11.1 Å². The number of amidine groups is 1. The van der Waals surface area contributed by atoms with E-state index in [9.17, 15) is 0 Å². The Balaban J connectivity index is 3.49. The number of hydrogen-bond acceptors (Lipinski definition) is 5. The molecule has 0 aromatic rings. The largest absolute Gasteiger partial charge is 0.409 e. The first-order chi connectivity index (χ1) is 7.61. The van der Waals surface area contributed by atoms with E-state index in [2.05, 4.69) is 15.4 Å². The van der Waals surface area contributed by atoms with Gasteiger partial charge in [-0.15, -0.1) is 0 Å². The van der Waals surface area contributed by atoms with Crippen molar-refractivity contribution in [3.63, 3.8) is 0 Å². The van der Waals surface area contributed by atoms with Gasteiger partial charge in [0, 0.05) is 13.1 Å². The second-order valence-corrected chi connectivity index (χ2v) is 3.86. The van der Waals surface area contributed by atoms with E-state index in [-0.39, 0.29) is 11.9 Å². The van der Waals surface area contributed by atoms with Crippen molar-refractivity contribution < 1.29 is 9.94 Å². The molecule has 0 aliphatic carbocycles. The number of oxime groups is 1. The van der Waals surface area contributed by atoms with E-state index in [1.807, 2.05) is 21.0 Å². The Bertz CT molecular complexity index is 197. The van der Waals surface area contributed by atoms with Gasteiger partial charge in [0.2, 0.25) is 0 Å². The van der Waals surface area contributed by atoms with Gasteiger partial charge in [0.25, 0.3) is 0 Å². The zero-order valence-electron chi connectivity index (χ0n) is 10.4. The molecule has 0 saturated carbocycles. The van der Waals surface area contributed by atoms with Gasteiger partial charge in [0.1, 0.15) is 0 Å². The molecule has 1 atom stereocenters. The van der Waals surface area contributed by atoms with Gasteiger partial charge in [-0.1, -0.05) is 12.1 Å². The molecular weight excluding hydrogens is 208 g/mol. The summed E-state index contributed by atoms with van der Waals surface area (Å²) in [6.07, 6.45) is 0.785. The molecule has 0 heterocycles. The normalized spacial score (nSPS) is 14.4. The van der Waals surface area contributed by atoms with Crippen LogP contribution in [0.1, 0.15) is 13.3 Å². The molecule has 0 saturated heterocycles. The van der Waals surface area contributed by atoms with Crippen molar-refractivity contribution in [1.82, 2.24) is 10.2 Å². The fraction of sp³-hybridized carbons (Fsp3) is 0.900. The molecule has 16 heavy (non-hydrogen) atoms. The predicted molar refractivity (Wildman–Crippen MR) is 64.9 cm³/mol. The standard InChI is InChI=1S/C10H24N4O2/c1-4-9(10(11)13-15)12-5-7-16-8-6-14(2)3/h9,12,15H,4-8H2,1-3H3,(H2,11,13). The average molecular weight is 232 g/mol. The summed E-state index contributed by atoms with van der Waals surface area (Å²) in [6, 6.07) is -0.0811. The maximum absolute atomic E-state index is 8.52. The Morgan fingerprint density at radius 3 is 2.69 bits per heavy atom. The fourth-order valence-corrected chi connectivity index (χ4v) is 1.18. The topological polar surface area (TPSA) is 83.1 Å². The Morgan fingerprint density at radius 1 is 1.50 bits per heavy atom. The minimum Gasteiger partial charge on any atom is -0.409 e. The van der Waals surface area contributed by atoms with Gasteiger partial charge in [-0.2, -0.15) is 0 Å². The minimum absolute atomic E-state index is 0.0811. The predicted octanol–water partition coefficient (Wildman–Crippen LogP) is -0.321. The van der Waals surface area contributed by atoms with Crippen LogP contribution in [-0.2, 0) is 4.74 Å². The summed E-state index contributed by atoms with van der Waals surface area (Å²) in [7, 11) is 4.01. The lowest BCUT2D eigenvalue weighted by Crippen LogP contribution is -2.42. The number of likely N-dealkylation sites (N-methyl/N-ethyl adjacent to an activating group) is 1. The van der Waals surface area contributed by atoms with Crippen LogP contribution in [0.15, 0.2) is 5.16 Å². The molecule has 0 aromatic heterocycles. The summed E-state index contributed by atoms with van der Waals surface area (Å²) in [6.45, 7) is 4.93. The van der Waals surface area contributed by atoms with Crippen LogP contribution in [0.2, 0.25) is 0 Å². The first-order valence-electron chi connectivity index (χ1n) is 5.55. The third kappa shape index (κ3) is 7.44. The van der Waals surface area contributed by atoms with Crippen LogP contribution in [0.4, 0.5) is 0 Å². The molecule has 0 bridgehead atoms. The molecule has 0 radical (unpaired) electrons. The van der Waals surface area contributed by atoms with Crippen molar-refractivity contribution >= 4 is 5.84 Å². The van der Waals surface area contributed by atoms with Crippen molar-refractivity contribution in [2.24, 2.45) is 10.9 Å². The molecule has 6 heteroatoms. The quantitative estimate of drug-likeness (QED) is 0.167. The number of nitrogens with zero attached hydrogens (tertiary/aromatic N) is 2. The van der Waals surface area contributed by atoms with Crippen molar-refractivity contribution in [2.45, 2.75) is 19.4 Å². The highest BCUT2D eigenvalue weighted by molar-refractivity contribution is 5.85. The van der Waals surface area contributed by atoms with E-state index in [1.54, 1.807) is 0 Å². The van der Waals surface area contributed by atoms with Crippen LogP contribution in [0.3, 0.4) is 0 Å². The van der Waals surface area contributed by atoms with Crippen LogP contribution in [0, 0.1) is 0 Å². The molecular formula is C10H24N4O2. The zero-order valence-corrected chi connectivity index (χ0v) is 10.4. The van der Waals surface area contributed by atoms with Gasteiger partial charge < -0.3 is 25.9 Å². The summed E-state index contributed by atoms with van der Waals surface area (Å²) < 4.78 is 5.41. The molecule has 4 N–H and O–H groups in total. The highest BCUT2D eigenvalue weighted by Gasteiger charge is 2.09. The second-order valence-electron chi connectivity index (χ2n) is 3.86. The van der Waals surface area contributed by atoms with Gasteiger partial charge in [-0.25, -0.2) is 0 Å². The molecule has 0 rings (SSSR count). The van der Waals surface area contributed by atoms with E-state index in [1.165, 1.54) is 0 Å². The fourth-order valence-electron chi connectivity index (χ4n) is 1.18. The van der Waals surface area contributed by atoms with Crippen molar-refractivity contribution in [2.75, 3.05) is 40.4 Å². The summed E-state index contributed by atoms with van der Waals surface area (Å²) >= 11 is 0. The summed E-state index contributed by atoms with van der Waals surface area (Å²) in [5.74, 6) is 0.218. The summed E-state index contributed by atoms with van der Waals surface area (Å²) in [5.41, 5.74) is 5.50. The van der Waals surface area contributed by atoms with E-state index in [0.717, 1.165) is 19.6 Å². The first-order valence-corrected chi connectivity index (χ1v) is 5.55. The van der Waals surface area contributed by atoms with Crippen molar-refractivity contribution in [3.8, 4) is 0 Å². The monoisotopic (exact) mass is 232 g/mol. The molecule has 1 unspecified atom stereocenters. The van der Waals surface area contributed by atoms with Crippen LogP contribution >= 0.6 is 0 Å². The molecule has 0 aliphatic heterocycles. The Hall–Kier alpha value is -0.850. The smallest absolute Gasteiger partial charge is 0.156 e. The Kier molecular flexibility index (Phi) is 8.88. The van der Waals surface area contributed by atoms with Gasteiger partial charge in [0.05, 0.1) is 19.3 Å². The number of ether oxygens (including phenoxy) is 1. The molecule has 0 fully saturated rings. The lowest BCUT2D eigenvalue weighted by molar-refractivity contribution is 0.118. The van der Waals surface area contributed by atoms with Gasteiger partial charge >= 0.3 is 0 Å². The van der Waals surface area contributed by atoms with Gasteiger partial charge in [0.15, 0.2) is 5.84 Å². The van der Waals surface area contributed by atoms with Crippen LogP contribution in [-0.4, -0.2) is 62.4 Å². The summed E-state index contributed by atoms with van der Waals surface area (Å²) in [4.78, 5) is 2.07. The highest BCUT2D eigenvalue weighted by atomic mass is 16.5. The van der Waals surface area contributed by atoms with E-state index >= 15 is 0 Å². The average Bonchev–Trinajstić information content (AvgIpc) is 2.27. The highest BCUT2D eigenvalue weighted by Crippen LogP contribution is 1.90. The molecule has 0 amide bonds. The molecule has 0 aliphatic rings. The lowest BCUT2D eigenvalue weighted by atomic mass is 10.2. The minimum atomic E-state index is -0.0811. The Labute approximate surface area is 97.4 Å². The van der Waals surface area contributed by atoms with E-state index in [0.29, 0.717) is 13.2 Å². The second kappa shape index (κ2) is 9.38. The van der Waals surface area contributed by atoms with E-state index < -0.39 is 0 Å². The van der Waals surface area contributed by atoms with Gasteiger partial charge in [-0.3, -0.25) is 0 Å². The third-order valence-electron chi connectivity index (χ3n) is 2.20. The Morgan fingerprint density at radius 2 is 2.19 bits per heavy atom. The lowest BCUT2D eigenvalue weighted by Gasteiger charge is -2.15. The van der Waals surface area contributed by atoms with Crippen molar-refractivity contribution in [1.29, 1.82) is 0 Å². The number of nitrogens with two attached hydrogens (primary N) is 1. The maximum Gasteiger partial charge on any atom is 0.156 e. The van der Waals surface area contributed by atoms with Crippen LogP contribution in [0.25, 0.3) is 0 Å². The van der Waals surface area contributed by atoms with Crippen molar-refractivity contribution in [3.05, 3.63) is 0 Å². The summed E-state index contributed by atoms with van der Waals surface area (Å²) in [5, 5.41) is 14.7. The molecule has 96 valence electrons. The molecule has 6 nitrogen and oxygen atoms in total. The van der Waals surface area contributed by atoms with Gasteiger partial charge in [-0.05, 0) is 20.5 Å². The number of hydrogen-bond donors (Lipinski definition) is 3.